The van der Waals surface area contributed by atoms with E-state index in [1.54, 1.807) is 0 Å². The van der Waals surface area contributed by atoms with E-state index < -0.39 is 86.4 Å². The number of alkyl halides is 2. The third-order valence-electron chi connectivity index (χ3n) is 7.49. The molecule has 1 aliphatic carbocycles. The summed E-state index contributed by atoms with van der Waals surface area (Å²) >= 11 is 0.315. The molecule has 3 aromatic rings. The van der Waals surface area contributed by atoms with Gasteiger partial charge >= 0.3 is 20.3 Å². The van der Waals surface area contributed by atoms with E-state index in [1.807, 2.05) is 4.98 Å². The van der Waals surface area contributed by atoms with Crippen molar-refractivity contribution in [3.05, 3.63) is 45.8 Å². The van der Waals surface area contributed by atoms with Crippen molar-refractivity contribution >= 4 is 43.0 Å². The van der Waals surface area contributed by atoms with Gasteiger partial charge < -0.3 is 25.0 Å². The maximum Gasteiger partial charge on any atom is 0.472 e. The van der Waals surface area contributed by atoms with Crippen molar-refractivity contribution in [1.82, 2.24) is 29.1 Å². The van der Waals surface area contributed by atoms with E-state index in [4.69, 9.17) is 28.8 Å². The number of hydrogen-bond donors (Lipinski definition) is 4. The molecule has 3 aliphatic heterocycles. The fraction of sp³-hybridized carbons (Fsp3) is 0.550. The lowest BCUT2D eigenvalue weighted by Gasteiger charge is -2.27. The van der Waals surface area contributed by atoms with Gasteiger partial charge in [-0.3, -0.25) is 32.5 Å². The maximum atomic E-state index is 16.1. The lowest BCUT2D eigenvalue weighted by Crippen LogP contribution is -2.37. The molecular formula is C20H21F2N7O11P2S. The molecule has 6 heterocycles. The number of rotatable bonds is 2. The monoisotopic (exact) mass is 667 g/mol. The number of nitrogens with one attached hydrogen (secondary N) is 1. The molecule has 11 atom stereocenters. The van der Waals surface area contributed by atoms with Gasteiger partial charge in [-0.25, -0.2) is 37.7 Å². The summed E-state index contributed by atoms with van der Waals surface area (Å²) in [4.78, 5) is 58.9. The van der Waals surface area contributed by atoms with Crippen LogP contribution in [0.3, 0.4) is 0 Å². The number of nitrogens with zero attached hydrogens (tertiary/aromatic N) is 5. The molecule has 0 bridgehead atoms. The van der Waals surface area contributed by atoms with Gasteiger partial charge in [0.25, 0.3) is 5.56 Å². The highest BCUT2D eigenvalue weighted by molar-refractivity contribution is 8.55. The van der Waals surface area contributed by atoms with E-state index in [0.717, 1.165) is 18.6 Å². The van der Waals surface area contributed by atoms with Crippen LogP contribution in [0.2, 0.25) is 0 Å². The topological polar surface area (TPSA) is 245 Å². The molecule has 18 nitrogen and oxygen atoms in total. The largest absolute Gasteiger partial charge is 0.472 e. The average molecular weight is 667 g/mol. The number of halogens is 2. The number of aromatic amines is 1. The van der Waals surface area contributed by atoms with Crippen LogP contribution in [0.25, 0.3) is 11.2 Å². The molecule has 4 unspecified atom stereocenters. The smallest absolute Gasteiger partial charge is 0.382 e. The van der Waals surface area contributed by atoms with Crippen molar-refractivity contribution < 1.29 is 50.7 Å². The highest BCUT2D eigenvalue weighted by Crippen LogP contribution is 2.72. The number of nitrogen functional groups attached to an aromatic ring is 1. The molecule has 0 aromatic carbocycles. The van der Waals surface area contributed by atoms with Gasteiger partial charge in [0.15, 0.2) is 36.3 Å². The van der Waals surface area contributed by atoms with Crippen LogP contribution in [0.1, 0.15) is 18.9 Å². The number of aromatic nitrogens is 6. The highest BCUT2D eigenvalue weighted by atomic mass is 32.7. The summed E-state index contributed by atoms with van der Waals surface area (Å²) in [6.07, 6.45) is -9.90. The molecule has 43 heavy (non-hydrogen) atoms. The molecule has 7 rings (SSSR count). The molecule has 4 aliphatic rings. The SMILES string of the molecule is Nc1ncnc2c1ncn2C1O[C@@]23CC2SP(=O)(O)O[C@H]2[C@@H](F)[C@H](n4ccc(=O)[nH]c4=O)O[C@@H]2COP(=O)(O)O[C@H]3[C@H]1F. The van der Waals surface area contributed by atoms with E-state index >= 15 is 8.78 Å². The summed E-state index contributed by atoms with van der Waals surface area (Å²) in [6, 6.07) is 0.919. The van der Waals surface area contributed by atoms with Gasteiger partial charge in [0, 0.05) is 12.3 Å². The first-order valence-corrected chi connectivity index (χ1v) is 17.1. The number of imidazole rings is 1. The first-order valence-electron chi connectivity index (χ1n) is 12.5. The Labute approximate surface area is 241 Å². The Morgan fingerprint density at radius 1 is 1.12 bits per heavy atom. The van der Waals surface area contributed by atoms with Gasteiger partial charge in [-0.2, -0.15) is 0 Å². The molecule has 0 radical (unpaired) electrons. The van der Waals surface area contributed by atoms with Gasteiger partial charge in [-0.15, -0.1) is 0 Å². The van der Waals surface area contributed by atoms with Crippen LogP contribution >= 0.6 is 26.0 Å². The Balaban J connectivity index is 1.20. The average Bonchev–Trinajstić information content (AvgIpc) is 3.16. The summed E-state index contributed by atoms with van der Waals surface area (Å²) in [5, 5.41) is -1.03. The number of phosphoric acid groups is 1. The zero-order chi connectivity index (χ0) is 30.5. The fourth-order valence-electron chi connectivity index (χ4n) is 5.46. The van der Waals surface area contributed by atoms with Crippen LogP contribution in [0.5, 0.6) is 0 Å². The van der Waals surface area contributed by atoms with Crippen molar-refractivity contribution in [3.8, 4) is 0 Å². The number of nitrogens with two attached hydrogens (primary N) is 1. The van der Waals surface area contributed by atoms with Crippen LogP contribution in [0.15, 0.2) is 34.5 Å². The first-order chi connectivity index (χ1) is 20.3. The Kier molecular flexibility index (Phi) is 6.75. The number of fused-ring (bicyclic) bond motifs is 2. The van der Waals surface area contributed by atoms with E-state index in [-0.39, 0.29) is 23.4 Å². The number of anilines is 1. The molecule has 0 amide bonds. The van der Waals surface area contributed by atoms with Crippen LogP contribution in [-0.2, 0) is 32.2 Å². The second kappa shape index (κ2) is 9.96. The molecule has 3 aromatic heterocycles. The number of hydrogen-bond acceptors (Lipinski definition) is 14. The van der Waals surface area contributed by atoms with Gasteiger partial charge in [0.05, 0.1) is 18.2 Å². The number of H-pyrrole nitrogens is 1. The quantitative estimate of drug-likeness (QED) is 0.269. The van der Waals surface area contributed by atoms with Gasteiger partial charge in [0.1, 0.15) is 35.8 Å². The minimum Gasteiger partial charge on any atom is -0.382 e. The second-order valence-corrected chi connectivity index (χ2v) is 15.5. The zero-order valence-corrected chi connectivity index (χ0v) is 23.9. The summed E-state index contributed by atoms with van der Waals surface area (Å²) in [6.45, 7) is -5.72. The Bertz CT molecular complexity index is 1830. The predicted molar refractivity (Wildman–Crippen MR) is 139 cm³/mol. The number of ether oxygens (including phenoxy) is 2. The van der Waals surface area contributed by atoms with Crippen molar-refractivity contribution in [2.45, 2.75) is 60.4 Å². The Morgan fingerprint density at radius 3 is 2.67 bits per heavy atom. The highest BCUT2D eigenvalue weighted by Gasteiger charge is 2.73. The van der Waals surface area contributed by atoms with E-state index in [0.29, 0.717) is 15.9 Å². The van der Waals surface area contributed by atoms with E-state index in [2.05, 4.69) is 15.0 Å². The zero-order valence-electron chi connectivity index (χ0n) is 21.3. The molecule has 23 heteroatoms. The summed E-state index contributed by atoms with van der Waals surface area (Å²) in [7, 11) is -5.14. The fourth-order valence-corrected chi connectivity index (χ4v) is 10.2. The molecule has 1 spiro atoms. The Morgan fingerprint density at radius 2 is 1.91 bits per heavy atom. The van der Waals surface area contributed by atoms with Crippen molar-refractivity contribution in [3.63, 3.8) is 0 Å². The minimum atomic E-state index is -5.14. The molecule has 232 valence electrons. The van der Waals surface area contributed by atoms with Crippen molar-refractivity contribution in [2.24, 2.45) is 0 Å². The summed E-state index contributed by atoms with van der Waals surface area (Å²) in [5.74, 6) is 0.0103. The van der Waals surface area contributed by atoms with Crippen LogP contribution < -0.4 is 17.0 Å². The third-order valence-corrected chi connectivity index (χ3v) is 11.9. The minimum absolute atomic E-state index is 0.0103. The molecule has 5 N–H and O–H groups in total. The number of phosphoric ester groups is 1. The molecule has 1 saturated carbocycles. The second-order valence-electron chi connectivity index (χ2n) is 10.1. The first kappa shape index (κ1) is 29.1. The third kappa shape index (κ3) is 4.87. The van der Waals surface area contributed by atoms with Crippen LogP contribution in [0, 0.1) is 0 Å². The van der Waals surface area contributed by atoms with Crippen LogP contribution in [0.4, 0.5) is 14.6 Å². The predicted octanol–water partition coefficient (Wildman–Crippen LogP) is 0.307. The molecule has 4 fully saturated rings. The molecular weight excluding hydrogens is 646 g/mol. The van der Waals surface area contributed by atoms with Crippen molar-refractivity contribution in [1.29, 1.82) is 0 Å². The Hall–Kier alpha value is -2.58. The van der Waals surface area contributed by atoms with Crippen molar-refractivity contribution in [2.75, 3.05) is 12.3 Å². The summed E-state index contributed by atoms with van der Waals surface area (Å²) < 4.78 is 86.9. The van der Waals surface area contributed by atoms with Gasteiger partial charge in [-0.05, 0) is 17.8 Å². The summed E-state index contributed by atoms with van der Waals surface area (Å²) in [5.41, 5.74) is 2.51. The van der Waals surface area contributed by atoms with E-state index in [9.17, 15) is 28.5 Å². The molecule has 3 saturated heterocycles. The standard InChI is InChI=1S/C20H21F2N7O11P2S/c21-10-13-7(37-17(10)28-2-1-9(30)27-19(28)31)4-36-41(32,33)40-14-11(22)18(29-6-26-12-15(23)24-5-25-16(12)29)38-20(14)3-8(20)43-42(34,35)39-13/h1-2,5-8,10-11,13-14,17-18H,3-4H2,(H,32,33)(H,34,35)(H2,23,24,25)(H,27,30,31)/t7-,8?,10-,11-,13-,14+,17-,18?,20+/m1/s1. The van der Waals surface area contributed by atoms with Crippen LogP contribution in [-0.4, -0.2) is 87.0 Å². The van der Waals surface area contributed by atoms with E-state index in [1.165, 1.54) is 10.9 Å². The van der Waals surface area contributed by atoms with Gasteiger partial charge in [-0.1, -0.05) is 0 Å². The van der Waals surface area contributed by atoms with Gasteiger partial charge in [0.2, 0.25) is 0 Å². The normalized spacial score (nSPS) is 42.9. The maximum absolute atomic E-state index is 16.1. The lowest BCUT2D eigenvalue weighted by molar-refractivity contribution is -0.0549. The lowest BCUT2D eigenvalue weighted by atomic mass is 10.1.